The van der Waals surface area contributed by atoms with Gasteiger partial charge in [0, 0.05) is 19.0 Å². The van der Waals surface area contributed by atoms with Crippen molar-refractivity contribution in [1.29, 1.82) is 0 Å². The van der Waals surface area contributed by atoms with Gasteiger partial charge in [-0.2, -0.15) is 0 Å². The third kappa shape index (κ3) is 4.16. The van der Waals surface area contributed by atoms with Crippen molar-refractivity contribution in [1.82, 2.24) is 5.32 Å². The van der Waals surface area contributed by atoms with Gasteiger partial charge in [0.15, 0.2) is 0 Å². The molecule has 1 aliphatic carbocycles. The molecule has 0 bridgehead atoms. The molecule has 0 aromatic heterocycles. The summed E-state index contributed by atoms with van der Waals surface area (Å²) >= 11 is 0. The highest BCUT2D eigenvalue weighted by atomic mass is 16.5. The van der Waals surface area contributed by atoms with Crippen LogP contribution >= 0.6 is 0 Å². The normalized spacial score (nSPS) is 15.2. The molecule has 1 saturated carbocycles. The number of hydrogen-bond acceptors (Lipinski definition) is 3. The fraction of sp³-hybridized carbons (Fsp3) is 0.533. The topological polar surface area (TPSA) is 50.4 Å². The molecule has 0 saturated heterocycles. The van der Waals surface area contributed by atoms with Crippen LogP contribution in [-0.2, 0) is 4.79 Å². The summed E-state index contributed by atoms with van der Waals surface area (Å²) in [5.41, 5.74) is 0.929. The highest BCUT2D eigenvalue weighted by molar-refractivity contribution is 5.77. The van der Waals surface area contributed by atoms with E-state index >= 15 is 0 Å². The number of ether oxygens (including phenoxy) is 1. The van der Waals surface area contributed by atoms with Crippen molar-refractivity contribution < 1.29 is 9.53 Å². The van der Waals surface area contributed by atoms with Gasteiger partial charge >= 0.3 is 0 Å². The lowest BCUT2D eigenvalue weighted by Crippen LogP contribution is -2.33. The average molecular weight is 262 g/mol. The maximum Gasteiger partial charge on any atom is 0.221 e. The summed E-state index contributed by atoms with van der Waals surface area (Å²) in [7, 11) is 1.65. The molecule has 1 aliphatic rings. The summed E-state index contributed by atoms with van der Waals surface area (Å²) in [5.74, 6) is 0.938. The Morgan fingerprint density at radius 1 is 1.32 bits per heavy atom. The summed E-state index contributed by atoms with van der Waals surface area (Å²) < 4.78 is 5.25. The maximum absolute atomic E-state index is 11.8. The molecule has 1 amide bonds. The first-order chi connectivity index (χ1) is 9.29. The number of amides is 1. The van der Waals surface area contributed by atoms with E-state index in [-0.39, 0.29) is 5.91 Å². The third-order valence-corrected chi connectivity index (χ3v) is 3.49. The molecule has 19 heavy (non-hydrogen) atoms. The van der Waals surface area contributed by atoms with Gasteiger partial charge in [0.05, 0.1) is 12.8 Å². The van der Waals surface area contributed by atoms with Crippen LogP contribution in [0.2, 0.25) is 0 Å². The van der Waals surface area contributed by atoms with Crippen LogP contribution in [0.5, 0.6) is 5.75 Å². The van der Waals surface area contributed by atoms with Crippen LogP contribution in [0.25, 0.3) is 0 Å². The summed E-state index contributed by atoms with van der Waals surface area (Å²) in [4.78, 5) is 11.8. The predicted octanol–water partition coefficient (Wildman–Crippen LogP) is 2.56. The van der Waals surface area contributed by atoms with E-state index in [1.165, 1.54) is 12.8 Å². The van der Waals surface area contributed by atoms with Crippen LogP contribution in [-0.4, -0.2) is 25.6 Å². The molecule has 0 unspecified atom stereocenters. The standard InChI is InChI=1S/C15H22N2O2/c1-19-14-9-5-4-8-13(14)16-11-10-15(18)17-12-6-2-3-7-12/h4-5,8-9,12,16H,2-3,6-7,10-11H2,1H3,(H,17,18). The maximum atomic E-state index is 11.8. The largest absolute Gasteiger partial charge is 0.495 e. The molecule has 104 valence electrons. The Kier molecular flexibility index (Phi) is 5.07. The minimum absolute atomic E-state index is 0.134. The van der Waals surface area contributed by atoms with Gasteiger partial charge in [-0.05, 0) is 25.0 Å². The number of anilines is 1. The third-order valence-electron chi connectivity index (χ3n) is 3.49. The second-order valence-electron chi connectivity index (χ2n) is 4.93. The van der Waals surface area contributed by atoms with Crippen LogP contribution in [0.4, 0.5) is 5.69 Å². The van der Waals surface area contributed by atoms with E-state index in [0.29, 0.717) is 19.0 Å². The number of methoxy groups -OCH3 is 1. The molecule has 2 rings (SSSR count). The van der Waals surface area contributed by atoms with Gasteiger partial charge in [-0.3, -0.25) is 4.79 Å². The van der Waals surface area contributed by atoms with E-state index in [1.807, 2.05) is 24.3 Å². The Morgan fingerprint density at radius 2 is 2.05 bits per heavy atom. The Balaban J connectivity index is 1.72. The van der Waals surface area contributed by atoms with Crippen LogP contribution in [0, 0.1) is 0 Å². The first kappa shape index (κ1) is 13.7. The van der Waals surface area contributed by atoms with Crippen molar-refractivity contribution in [2.45, 2.75) is 38.1 Å². The Morgan fingerprint density at radius 3 is 2.79 bits per heavy atom. The summed E-state index contributed by atoms with van der Waals surface area (Å²) in [6.07, 6.45) is 5.24. The number of carbonyl (C=O) groups is 1. The van der Waals surface area contributed by atoms with Crippen molar-refractivity contribution in [2.75, 3.05) is 19.0 Å². The molecule has 0 radical (unpaired) electrons. The second kappa shape index (κ2) is 7.02. The SMILES string of the molecule is COc1ccccc1NCCC(=O)NC1CCCC1. The Hall–Kier alpha value is -1.71. The molecule has 1 fully saturated rings. The van der Waals surface area contributed by atoms with Gasteiger partial charge in [-0.15, -0.1) is 0 Å². The number of para-hydroxylation sites is 2. The number of nitrogens with one attached hydrogen (secondary N) is 2. The monoisotopic (exact) mass is 262 g/mol. The minimum atomic E-state index is 0.134. The summed E-state index contributed by atoms with van der Waals surface area (Å²) in [6.45, 7) is 0.624. The van der Waals surface area contributed by atoms with Crippen LogP contribution in [0.15, 0.2) is 24.3 Å². The minimum Gasteiger partial charge on any atom is -0.495 e. The zero-order valence-electron chi connectivity index (χ0n) is 11.4. The van der Waals surface area contributed by atoms with Crippen LogP contribution in [0.3, 0.4) is 0 Å². The Bertz CT molecular complexity index is 414. The van der Waals surface area contributed by atoms with Crippen molar-refractivity contribution in [3.8, 4) is 5.75 Å². The number of benzene rings is 1. The van der Waals surface area contributed by atoms with Gasteiger partial charge in [-0.25, -0.2) is 0 Å². The number of rotatable bonds is 6. The number of carbonyl (C=O) groups excluding carboxylic acids is 1. The zero-order chi connectivity index (χ0) is 13.5. The van der Waals surface area contributed by atoms with Crippen LogP contribution < -0.4 is 15.4 Å². The molecule has 2 N–H and O–H groups in total. The lowest BCUT2D eigenvalue weighted by atomic mass is 10.2. The van der Waals surface area contributed by atoms with Gasteiger partial charge < -0.3 is 15.4 Å². The van der Waals surface area contributed by atoms with E-state index in [1.54, 1.807) is 7.11 Å². The second-order valence-corrected chi connectivity index (χ2v) is 4.93. The molecular formula is C15H22N2O2. The van der Waals surface area contributed by atoms with Gasteiger partial charge in [0.1, 0.15) is 5.75 Å². The molecule has 4 heteroatoms. The quantitative estimate of drug-likeness (QED) is 0.828. The van der Waals surface area contributed by atoms with Crippen molar-refractivity contribution in [2.24, 2.45) is 0 Å². The lowest BCUT2D eigenvalue weighted by Gasteiger charge is -2.13. The van der Waals surface area contributed by atoms with Crippen molar-refractivity contribution >= 4 is 11.6 Å². The fourth-order valence-electron chi connectivity index (χ4n) is 2.47. The predicted molar refractivity (Wildman–Crippen MR) is 76.5 cm³/mol. The molecule has 0 heterocycles. The highest BCUT2D eigenvalue weighted by Gasteiger charge is 2.16. The van der Waals surface area contributed by atoms with Gasteiger partial charge in [0.25, 0.3) is 0 Å². The van der Waals surface area contributed by atoms with Crippen LogP contribution in [0.1, 0.15) is 32.1 Å². The van der Waals surface area contributed by atoms with Gasteiger partial charge in [-0.1, -0.05) is 25.0 Å². The fourth-order valence-corrected chi connectivity index (χ4v) is 2.47. The summed E-state index contributed by atoms with van der Waals surface area (Å²) in [5, 5.41) is 6.32. The number of hydrogen-bond donors (Lipinski definition) is 2. The molecule has 0 aliphatic heterocycles. The smallest absolute Gasteiger partial charge is 0.221 e. The lowest BCUT2D eigenvalue weighted by molar-refractivity contribution is -0.121. The Labute approximate surface area is 114 Å². The van der Waals surface area contributed by atoms with Gasteiger partial charge in [0.2, 0.25) is 5.91 Å². The summed E-state index contributed by atoms with van der Waals surface area (Å²) in [6, 6.07) is 8.13. The van der Waals surface area contributed by atoms with E-state index in [4.69, 9.17) is 4.74 Å². The highest BCUT2D eigenvalue weighted by Crippen LogP contribution is 2.22. The van der Waals surface area contributed by atoms with Crippen molar-refractivity contribution in [3.05, 3.63) is 24.3 Å². The van der Waals surface area contributed by atoms with E-state index in [9.17, 15) is 4.79 Å². The molecule has 1 aromatic carbocycles. The molecule has 0 atom stereocenters. The van der Waals surface area contributed by atoms with E-state index in [2.05, 4.69) is 10.6 Å². The van der Waals surface area contributed by atoms with E-state index in [0.717, 1.165) is 24.3 Å². The molecular weight excluding hydrogens is 240 g/mol. The molecule has 0 spiro atoms. The first-order valence-corrected chi connectivity index (χ1v) is 6.96. The molecule has 1 aromatic rings. The first-order valence-electron chi connectivity index (χ1n) is 6.96. The molecule has 4 nitrogen and oxygen atoms in total. The van der Waals surface area contributed by atoms with Crippen molar-refractivity contribution in [3.63, 3.8) is 0 Å². The van der Waals surface area contributed by atoms with E-state index < -0.39 is 0 Å². The average Bonchev–Trinajstić information content (AvgIpc) is 2.92. The zero-order valence-corrected chi connectivity index (χ0v) is 11.4.